The summed E-state index contributed by atoms with van der Waals surface area (Å²) in [5.41, 5.74) is 0.840. The van der Waals surface area contributed by atoms with E-state index in [-0.39, 0.29) is 46.9 Å². The molecule has 2 aliphatic heterocycles. The summed E-state index contributed by atoms with van der Waals surface area (Å²) in [4.78, 5) is 37.9. The van der Waals surface area contributed by atoms with Gasteiger partial charge < -0.3 is 19.8 Å². The number of halogens is 1. The molecule has 2 aromatic carbocycles. The maximum atomic E-state index is 12.7. The maximum absolute atomic E-state index is 12.7. The highest BCUT2D eigenvalue weighted by molar-refractivity contribution is 9.10. The summed E-state index contributed by atoms with van der Waals surface area (Å²) in [6.07, 6.45) is 3.88. The number of ether oxygens (including phenoxy) is 1. The van der Waals surface area contributed by atoms with Gasteiger partial charge in [0.15, 0.2) is 5.43 Å². The zero-order valence-corrected chi connectivity index (χ0v) is 23.1. The number of nitro groups is 1. The van der Waals surface area contributed by atoms with E-state index in [1.807, 2.05) is 6.07 Å². The normalized spacial score (nSPS) is 17.3. The summed E-state index contributed by atoms with van der Waals surface area (Å²) >= 11 is 3.67. The Balaban J connectivity index is 1.10. The lowest BCUT2D eigenvalue weighted by Gasteiger charge is -2.32. The Hall–Kier alpha value is -3.28. The first-order valence-corrected chi connectivity index (χ1v) is 14.0. The highest BCUT2D eigenvalue weighted by Gasteiger charge is 2.22. The molecule has 11 heteroatoms. The summed E-state index contributed by atoms with van der Waals surface area (Å²) < 4.78 is 12.8. The van der Waals surface area contributed by atoms with Crippen LogP contribution in [0.5, 0.6) is 5.75 Å². The standard InChI is InChI=1S/C28H31BrN4O6/c29-24-13-18(1-3-27(24)38-21-5-9-30-10-6-21)17-32-11-7-19(8-12-32)31-28(35)16-22-15-25(34)23-14-20(33(36)37)2-4-26(23)39-22/h1-4,13-15,19,21,30H,5-12,16-17H2,(H,31,35). The first-order chi connectivity index (χ1) is 18.8. The van der Waals surface area contributed by atoms with Gasteiger partial charge in [-0.2, -0.15) is 0 Å². The second-order valence-electron chi connectivity index (χ2n) is 10.1. The Labute approximate surface area is 234 Å². The van der Waals surface area contributed by atoms with Crippen molar-refractivity contribution in [1.82, 2.24) is 15.5 Å². The number of amides is 1. The average molecular weight is 599 g/mol. The quantitative estimate of drug-likeness (QED) is 0.295. The number of fused-ring (bicyclic) bond motifs is 1. The molecule has 10 nitrogen and oxygen atoms in total. The number of nitrogens with zero attached hydrogens (tertiary/aromatic N) is 2. The second kappa shape index (κ2) is 12.3. The Bertz CT molecular complexity index is 1410. The molecule has 1 amide bonds. The molecule has 2 saturated heterocycles. The number of carbonyl (C=O) groups excluding carboxylic acids is 1. The van der Waals surface area contributed by atoms with Gasteiger partial charge in [0.05, 0.1) is 21.2 Å². The van der Waals surface area contributed by atoms with Gasteiger partial charge in [0.2, 0.25) is 5.91 Å². The molecule has 0 spiro atoms. The summed E-state index contributed by atoms with van der Waals surface area (Å²) in [6, 6.07) is 11.4. The smallest absolute Gasteiger partial charge is 0.270 e. The monoisotopic (exact) mass is 598 g/mol. The molecule has 0 aliphatic carbocycles. The molecule has 39 heavy (non-hydrogen) atoms. The molecule has 0 bridgehead atoms. The largest absolute Gasteiger partial charge is 0.489 e. The first-order valence-electron chi connectivity index (χ1n) is 13.2. The average Bonchev–Trinajstić information content (AvgIpc) is 2.92. The van der Waals surface area contributed by atoms with E-state index >= 15 is 0 Å². The third-order valence-corrected chi connectivity index (χ3v) is 7.86. The molecule has 2 fully saturated rings. The van der Waals surface area contributed by atoms with Gasteiger partial charge >= 0.3 is 0 Å². The van der Waals surface area contributed by atoms with E-state index in [0.717, 1.165) is 68.6 Å². The lowest BCUT2D eigenvalue weighted by Crippen LogP contribution is -2.44. The number of hydrogen-bond donors (Lipinski definition) is 2. The fourth-order valence-corrected chi connectivity index (χ4v) is 5.68. The number of rotatable bonds is 8. The predicted molar refractivity (Wildman–Crippen MR) is 150 cm³/mol. The van der Waals surface area contributed by atoms with Crippen LogP contribution in [-0.2, 0) is 17.8 Å². The van der Waals surface area contributed by atoms with Gasteiger partial charge in [0.1, 0.15) is 23.2 Å². The number of benzene rings is 2. The van der Waals surface area contributed by atoms with Crippen LogP contribution in [0.3, 0.4) is 0 Å². The van der Waals surface area contributed by atoms with Gasteiger partial charge in [-0.05, 0) is 78.5 Å². The predicted octanol–water partition coefficient (Wildman–Crippen LogP) is 3.92. The van der Waals surface area contributed by atoms with E-state index in [4.69, 9.17) is 9.15 Å². The number of hydrogen-bond acceptors (Lipinski definition) is 8. The zero-order chi connectivity index (χ0) is 27.4. The summed E-state index contributed by atoms with van der Waals surface area (Å²) in [7, 11) is 0. The molecule has 206 valence electrons. The number of carbonyl (C=O) groups is 1. The van der Waals surface area contributed by atoms with Gasteiger partial charge in [-0.1, -0.05) is 6.07 Å². The molecule has 2 N–H and O–H groups in total. The number of likely N-dealkylation sites (tertiary alicyclic amines) is 1. The van der Waals surface area contributed by atoms with Crippen LogP contribution in [0, 0.1) is 10.1 Å². The van der Waals surface area contributed by atoms with E-state index in [1.54, 1.807) is 0 Å². The number of nitro benzene ring substituents is 1. The molecule has 0 atom stereocenters. The fraction of sp³-hybridized carbons (Fsp3) is 0.429. The van der Waals surface area contributed by atoms with E-state index in [1.165, 1.54) is 29.8 Å². The van der Waals surface area contributed by atoms with Gasteiger partial charge in [-0.25, -0.2) is 0 Å². The Morgan fingerprint density at radius 3 is 2.62 bits per heavy atom. The second-order valence-corrected chi connectivity index (χ2v) is 11.0. The van der Waals surface area contributed by atoms with Crippen molar-refractivity contribution in [2.45, 2.75) is 50.8 Å². The SMILES string of the molecule is O=C(Cc1cc(=O)c2cc([N+](=O)[O-])ccc2o1)NC1CCN(Cc2ccc(OC3CCNCC3)c(Br)c2)CC1. The van der Waals surface area contributed by atoms with Crippen molar-refractivity contribution < 1.29 is 18.9 Å². The van der Waals surface area contributed by atoms with Crippen molar-refractivity contribution in [2.24, 2.45) is 0 Å². The Morgan fingerprint density at radius 2 is 1.90 bits per heavy atom. The Kier molecular flexibility index (Phi) is 8.59. The van der Waals surface area contributed by atoms with Gasteiger partial charge in [-0.3, -0.25) is 24.6 Å². The van der Waals surface area contributed by atoms with Crippen molar-refractivity contribution >= 4 is 38.5 Å². The van der Waals surface area contributed by atoms with Crippen molar-refractivity contribution in [1.29, 1.82) is 0 Å². The van der Waals surface area contributed by atoms with E-state index in [0.29, 0.717) is 0 Å². The highest BCUT2D eigenvalue weighted by Crippen LogP contribution is 2.29. The molecule has 0 saturated carbocycles. The van der Waals surface area contributed by atoms with Crippen LogP contribution in [0.4, 0.5) is 5.69 Å². The number of piperidine rings is 2. The van der Waals surface area contributed by atoms with E-state index in [2.05, 4.69) is 43.6 Å². The van der Waals surface area contributed by atoms with Crippen molar-refractivity contribution in [2.75, 3.05) is 26.2 Å². The summed E-state index contributed by atoms with van der Waals surface area (Å²) in [5.74, 6) is 0.899. The topological polar surface area (TPSA) is 127 Å². The Morgan fingerprint density at radius 1 is 1.13 bits per heavy atom. The molecular weight excluding hydrogens is 568 g/mol. The van der Waals surface area contributed by atoms with Crippen LogP contribution >= 0.6 is 15.9 Å². The van der Waals surface area contributed by atoms with Crippen molar-refractivity contribution in [3.8, 4) is 5.75 Å². The lowest BCUT2D eigenvalue weighted by molar-refractivity contribution is -0.384. The number of nitrogens with one attached hydrogen (secondary N) is 2. The minimum absolute atomic E-state index is 0.0519. The molecular formula is C28H31BrN4O6. The highest BCUT2D eigenvalue weighted by atomic mass is 79.9. The maximum Gasteiger partial charge on any atom is 0.270 e. The third kappa shape index (κ3) is 7.03. The minimum Gasteiger partial charge on any atom is -0.489 e. The summed E-state index contributed by atoms with van der Waals surface area (Å²) in [6.45, 7) is 4.53. The van der Waals surface area contributed by atoms with Crippen LogP contribution in [0.1, 0.15) is 37.0 Å². The summed E-state index contributed by atoms with van der Waals surface area (Å²) in [5, 5.41) is 17.5. The van der Waals surface area contributed by atoms with Gasteiger partial charge in [-0.15, -0.1) is 0 Å². The fourth-order valence-electron chi connectivity index (χ4n) is 5.16. The molecule has 0 unspecified atom stereocenters. The lowest BCUT2D eigenvalue weighted by atomic mass is 10.0. The van der Waals surface area contributed by atoms with Crippen molar-refractivity contribution in [3.05, 3.63) is 78.6 Å². The van der Waals surface area contributed by atoms with Crippen molar-refractivity contribution in [3.63, 3.8) is 0 Å². The van der Waals surface area contributed by atoms with Crippen LogP contribution in [-0.4, -0.2) is 54.1 Å². The first kappa shape index (κ1) is 27.3. The number of non-ortho nitro benzene ring substituents is 1. The van der Waals surface area contributed by atoms with Gasteiger partial charge in [0.25, 0.3) is 5.69 Å². The van der Waals surface area contributed by atoms with E-state index in [9.17, 15) is 19.7 Å². The molecule has 1 aromatic heterocycles. The molecule has 0 radical (unpaired) electrons. The minimum atomic E-state index is -0.563. The molecule has 5 rings (SSSR count). The zero-order valence-electron chi connectivity index (χ0n) is 21.5. The van der Waals surface area contributed by atoms with Crippen LogP contribution in [0.2, 0.25) is 0 Å². The molecule has 2 aliphatic rings. The van der Waals surface area contributed by atoms with E-state index < -0.39 is 10.4 Å². The van der Waals surface area contributed by atoms with Crippen LogP contribution in [0.25, 0.3) is 11.0 Å². The van der Waals surface area contributed by atoms with Crippen LogP contribution < -0.4 is 20.8 Å². The molecule has 3 aromatic rings. The third-order valence-electron chi connectivity index (χ3n) is 7.24. The van der Waals surface area contributed by atoms with Crippen LogP contribution in [0.15, 0.2) is 56.1 Å². The van der Waals surface area contributed by atoms with Gasteiger partial charge in [0, 0.05) is 43.9 Å². The molecule has 3 heterocycles.